The summed E-state index contributed by atoms with van der Waals surface area (Å²) in [5.74, 6) is 0. The summed E-state index contributed by atoms with van der Waals surface area (Å²) in [5, 5.41) is 15.6. The van der Waals surface area contributed by atoms with E-state index >= 15 is 0 Å². The summed E-state index contributed by atoms with van der Waals surface area (Å²) in [6, 6.07) is 2.00. The minimum Gasteiger partial charge on any atom is -0.668 e. The van der Waals surface area contributed by atoms with Gasteiger partial charge < -0.3 is 21.3 Å². The summed E-state index contributed by atoms with van der Waals surface area (Å²) in [6.07, 6.45) is 0. The molecule has 0 aliphatic carbocycles. The third-order valence-electron chi connectivity index (χ3n) is 1.19. The average Bonchev–Trinajstić information content (AvgIpc) is 2.15. The predicted molar refractivity (Wildman–Crippen MR) is 97.7 cm³/mol. The molecule has 0 atom stereocenters. The molecule has 0 aromatic rings. The molecular weight excluding hydrogens is 339 g/mol. The van der Waals surface area contributed by atoms with E-state index in [-0.39, 0.29) is 26.2 Å². The van der Waals surface area contributed by atoms with Gasteiger partial charge in [0.25, 0.3) is 0 Å². The SMILES string of the molecule is CC(C)[N-]C(C)C.CC(C)[N-]C(C)C.C[N-]C.C[N-]C.[Zr+4]. The van der Waals surface area contributed by atoms with Crippen molar-refractivity contribution < 1.29 is 26.2 Å². The van der Waals surface area contributed by atoms with E-state index in [0.717, 1.165) is 0 Å². The quantitative estimate of drug-likeness (QED) is 0.611. The van der Waals surface area contributed by atoms with Crippen LogP contribution in [0.5, 0.6) is 0 Å². The summed E-state index contributed by atoms with van der Waals surface area (Å²) in [5.41, 5.74) is 0. The minimum atomic E-state index is 0. The molecule has 0 aromatic heterocycles. The molecule has 0 aliphatic heterocycles. The molecular formula is C16H40N4Zr. The standard InChI is InChI=1S/2C6H14N.2C2H6N.Zr/c2*1-5(2)7-6(3)4;2*1-3-2;/h2*5-6H,1-4H3;2*1-2H3;/q4*-1;+4. The van der Waals surface area contributed by atoms with E-state index in [1.54, 1.807) is 28.2 Å². The normalized spacial score (nSPS) is 9.14. The van der Waals surface area contributed by atoms with Gasteiger partial charge in [-0.3, -0.25) is 0 Å². The second kappa shape index (κ2) is 28.8. The Morgan fingerprint density at radius 1 is 0.429 bits per heavy atom. The van der Waals surface area contributed by atoms with E-state index in [2.05, 4.69) is 76.7 Å². The largest absolute Gasteiger partial charge is 4.00 e. The molecule has 5 heteroatoms. The van der Waals surface area contributed by atoms with Gasteiger partial charge in [-0.2, -0.15) is 28.2 Å². The molecule has 0 spiro atoms. The van der Waals surface area contributed by atoms with Crippen LogP contribution in [-0.2, 0) is 26.2 Å². The van der Waals surface area contributed by atoms with E-state index in [9.17, 15) is 0 Å². The van der Waals surface area contributed by atoms with Gasteiger partial charge in [-0.1, -0.05) is 55.4 Å². The molecule has 128 valence electrons. The second-order valence-electron chi connectivity index (χ2n) is 5.57. The van der Waals surface area contributed by atoms with Gasteiger partial charge in [0.1, 0.15) is 0 Å². The van der Waals surface area contributed by atoms with E-state index < -0.39 is 0 Å². The summed E-state index contributed by atoms with van der Waals surface area (Å²) in [7, 11) is 7.00. The van der Waals surface area contributed by atoms with Crippen LogP contribution in [0.1, 0.15) is 55.4 Å². The number of hydrogen-bond acceptors (Lipinski definition) is 0. The zero-order chi connectivity index (χ0) is 17.1. The molecule has 0 fully saturated rings. The van der Waals surface area contributed by atoms with Gasteiger partial charge in [-0.05, 0) is 0 Å². The molecule has 0 saturated carbocycles. The summed E-state index contributed by atoms with van der Waals surface area (Å²) < 4.78 is 0. The fourth-order valence-electron chi connectivity index (χ4n) is 1.19. The molecule has 21 heavy (non-hydrogen) atoms. The van der Waals surface area contributed by atoms with Crippen molar-refractivity contribution in [1.29, 1.82) is 0 Å². The molecule has 0 amide bonds. The van der Waals surface area contributed by atoms with Crippen molar-refractivity contribution >= 4 is 0 Å². The Bertz CT molecular complexity index is 112. The fraction of sp³-hybridized carbons (Fsp3) is 1.00. The summed E-state index contributed by atoms with van der Waals surface area (Å²) >= 11 is 0. The minimum absolute atomic E-state index is 0. The topological polar surface area (TPSA) is 56.4 Å². The Hall–Kier alpha value is 0.723. The Morgan fingerprint density at radius 2 is 0.524 bits per heavy atom. The molecule has 4 nitrogen and oxygen atoms in total. The van der Waals surface area contributed by atoms with Gasteiger partial charge in [0, 0.05) is 0 Å². The Kier molecular flexibility index (Phi) is 45.8. The van der Waals surface area contributed by atoms with Gasteiger partial charge in [-0.25, -0.2) is 0 Å². The smallest absolute Gasteiger partial charge is 0.668 e. The number of rotatable bonds is 4. The van der Waals surface area contributed by atoms with Crippen molar-refractivity contribution in [2.45, 2.75) is 79.6 Å². The van der Waals surface area contributed by atoms with E-state index in [1.165, 1.54) is 0 Å². The van der Waals surface area contributed by atoms with Crippen LogP contribution >= 0.6 is 0 Å². The van der Waals surface area contributed by atoms with Gasteiger partial charge in [0.2, 0.25) is 0 Å². The maximum Gasteiger partial charge on any atom is 4.00 e. The Labute approximate surface area is 155 Å². The number of hydrogen-bond donors (Lipinski definition) is 0. The van der Waals surface area contributed by atoms with Gasteiger partial charge in [0.05, 0.1) is 0 Å². The molecule has 0 heterocycles. The van der Waals surface area contributed by atoms with E-state index in [1.807, 2.05) is 0 Å². The maximum absolute atomic E-state index is 4.28. The van der Waals surface area contributed by atoms with Gasteiger partial charge in [0.15, 0.2) is 0 Å². The molecule has 0 bridgehead atoms. The van der Waals surface area contributed by atoms with Crippen LogP contribution in [0.15, 0.2) is 0 Å². The van der Waals surface area contributed by atoms with Crippen molar-refractivity contribution in [2.75, 3.05) is 28.2 Å². The fourth-order valence-corrected chi connectivity index (χ4v) is 1.19. The van der Waals surface area contributed by atoms with Crippen LogP contribution in [0.25, 0.3) is 21.3 Å². The molecule has 0 N–H and O–H groups in total. The van der Waals surface area contributed by atoms with Crippen LogP contribution < -0.4 is 0 Å². The molecule has 0 saturated heterocycles. The monoisotopic (exact) mass is 378 g/mol. The third kappa shape index (κ3) is 95.5. The van der Waals surface area contributed by atoms with Gasteiger partial charge >= 0.3 is 26.2 Å². The van der Waals surface area contributed by atoms with Gasteiger partial charge in [-0.15, -0.1) is 24.2 Å². The van der Waals surface area contributed by atoms with Crippen molar-refractivity contribution in [3.8, 4) is 0 Å². The molecule has 0 rings (SSSR count). The summed E-state index contributed by atoms with van der Waals surface area (Å²) in [6.45, 7) is 16.8. The zero-order valence-electron chi connectivity index (χ0n) is 16.6. The summed E-state index contributed by atoms with van der Waals surface area (Å²) in [4.78, 5) is 0. The second-order valence-corrected chi connectivity index (χ2v) is 5.57. The van der Waals surface area contributed by atoms with Crippen LogP contribution in [0.4, 0.5) is 0 Å². The molecule has 0 radical (unpaired) electrons. The van der Waals surface area contributed by atoms with E-state index in [4.69, 9.17) is 0 Å². The predicted octanol–water partition coefficient (Wildman–Crippen LogP) is 5.59. The Morgan fingerprint density at radius 3 is 0.524 bits per heavy atom. The first-order valence-electron chi connectivity index (χ1n) is 7.44. The molecule has 0 unspecified atom stereocenters. The first kappa shape index (κ1) is 33.4. The van der Waals surface area contributed by atoms with Crippen LogP contribution in [0.3, 0.4) is 0 Å². The maximum atomic E-state index is 4.28. The van der Waals surface area contributed by atoms with E-state index in [0.29, 0.717) is 24.2 Å². The Balaban J connectivity index is -0.0000000576. The van der Waals surface area contributed by atoms with Crippen molar-refractivity contribution in [2.24, 2.45) is 0 Å². The first-order valence-corrected chi connectivity index (χ1v) is 7.44. The molecule has 0 aliphatic rings. The van der Waals surface area contributed by atoms with Crippen LogP contribution in [0.2, 0.25) is 0 Å². The first-order chi connectivity index (χ1) is 9.08. The van der Waals surface area contributed by atoms with Crippen LogP contribution in [0, 0.1) is 0 Å². The van der Waals surface area contributed by atoms with Crippen molar-refractivity contribution in [3.63, 3.8) is 0 Å². The molecule has 0 aromatic carbocycles. The van der Waals surface area contributed by atoms with Crippen molar-refractivity contribution in [3.05, 3.63) is 21.3 Å². The average molecular weight is 380 g/mol. The van der Waals surface area contributed by atoms with Crippen molar-refractivity contribution in [1.82, 2.24) is 0 Å². The third-order valence-corrected chi connectivity index (χ3v) is 1.19. The van der Waals surface area contributed by atoms with Crippen LogP contribution in [-0.4, -0.2) is 52.4 Å². The number of nitrogens with zero attached hydrogens (tertiary/aromatic N) is 4. The zero-order valence-corrected chi connectivity index (χ0v) is 19.1.